The van der Waals surface area contributed by atoms with Gasteiger partial charge >= 0.3 is 6.03 Å². The lowest BCUT2D eigenvalue weighted by molar-refractivity contribution is 0.208. The number of aromatic nitrogens is 2. The zero-order valence-electron chi connectivity index (χ0n) is 18.9. The van der Waals surface area contributed by atoms with E-state index in [9.17, 15) is 4.79 Å². The van der Waals surface area contributed by atoms with Crippen LogP contribution in [0.15, 0.2) is 54.6 Å². The van der Waals surface area contributed by atoms with E-state index < -0.39 is 0 Å². The van der Waals surface area contributed by atoms with Crippen LogP contribution < -0.4 is 24.4 Å². The third-order valence-corrected chi connectivity index (χ3v) is 5.53. The van der Waals surface area contributed by atoms with Crippen molar-refractivity contribution in [2.75, 3.05) is 57.7 Å². The van der Waals surface area contributed by atoms with Gasteiger partial charge < -0.3 is 29.3 Å². The van der Waals surface area contributed by atoms with Gasteiger partial charge in [0.05, 0.1) is 27.0 Å². The fourth-order valence-electron chi connectivity index (χ4n) is 3.71. The first-order chi connectivity index (χ1) is 16.1. The number of piperazine rings is 1. The Morgan fingerprint density at radius 1 is 0.848 bits per heavy atom. The van der Waals surface area contributed by atoms with Gasteiger partial charge in [0.25, 0.3) is 0 Å². The van der Waals surface area contributed by atoms with Gasteiger partial charge in [-0.1, -0.05) is 12.1 Å². The van der Waals surface area contributed by atoms with Crippen LogP contribution in [0.25, 0.3) is 11.3 Å². The molecule has 0 radical (unpaired) electrons. The highest BCUT2D eigenvalue weighted by Gasteiger charge is 2.22. The quantitative estimate of drug-likeness (QED) is 0.616. The molecule has 33 heavy (non-hydrogen) atoms. The highest BCUT2D eigenvalue weighted by atomic mass is 16.5. The van der Waals surface area contributed by atoms with Crippen molar-refractivity contribution in [3.63, 3.8) is 0 Å². The molecule has 0 spiro atoms. The van der Waals surface area contributed by atoms with Crippen molar-refractivity contribution in [1.29, 1.82) is 0 Å². The van der Waals surface area contributed by atoms with Crippen molar-refractivity contribution < 1.29 is 19.0 Å². The Morgan fingerprint density at radius 2 is 1.55 bits per heavy atom. The second kappa shape index (κ2) is 10.1. The van der Waals surface area contributed by atoms with E-state index in [0.29, 0.717) is 43.4 Å². The highest BCUT2D eigenvalue weighted by molar-refractivity contribution is 5.90. The maximum Gasteiger partial charge on any atom is 0.321 e. The third kappa shape index (κ3) is 5.08. The largest absolute Gasteiger partial charge is 0.497 e. The number of urea groups is 1. The maximum atomic E-state index is 12.7. The van der Waals surface area contributed by atoms with Crippen molar-refractivity contribution in [3.8, 4) is 28.5 Å². The molecule has 2 heterocycles. The highest BCUT2D eigenvalue weighted by Crippen LogP contribution is 2.29. The summed E-state index contributed by atoms with van der Waals surface area (Å²) >= 11 is 0. The first-order valence-electron chi connectivity index (χ1n) is 10.6. The molecule has 172 valence electrons. The molecule has 9 heteroatoms. The molecule has 1 saturated heterocycles. The van der Waals surface area contributed by atoms with E-state index in [4.69, 9.17) is 14.2 Å². The van der Waals surface area contributed by atoms with E-state index in [1.165, 1.54) is 0 Å². The maximum absolute atomic E-state index is 12.7. The van der Waals surface area contributed by atoms with Crippen LogP contribution in [0, 0.1) is 0 Å². The minimum atomic E-state index is -0.164. The van der Waals surface area contributed by atoms with E-state index in [-0.39, 0.29) is 6.03 Å². The Balaban J connectivity index is 1.36. The minimum Gasteiger partial charge on any atom is -0.497 e. The van der Waals surface area contributed by atoms with Crippen LogP contribution in [0.3, 0.4) is 0 Å². The Morgan fingerprint density at radius 3 is 2.15 bits per heavy atom. The fourth-order valence-corrected chi connectivity index (χ4v) is 3.71. The topological polar surface area (TPSA) is 89.1 Å². The molecule has 0 saturated carbocycles. The lowest BCUT2D eigenvalue weighted by Crippen LogP contribution is -2.50. The molecule has 4 rings (SSSR count). The van der Waals surface area contributed by atoms with E-state index in [1.54, 1.807) is 44.4 Å². The first-order valence-corrected chi connectivity index (χ1v) is 10.6. The summed E-state index contributed by atoms with van der Waals surface area (Å²) in [6.07, 6.45) is 0. The molecule has 2 aromatic carbocycles. The van der Waals surface area contributed by atoms with Crippen LogP contribution in [0.2, 0.25) is 0 Å². The number of anilines is 2. The molecular weight excluding hydrogens is 422 g/mol. The van der Waals surface area contributed by atoms with Gasteiger partial charge in [0, 0.05) is 55.6 Å². The van der Waals surface area contributed by atoms with Crippen LogP contribution >= 0.6 is 0 Å². The van der Waals surface area contributed by atoms with Gasteiger partial charge in [-0.15, -0.1) is 10.2 Å². The van der Waals surface area contributed by atoms with Crippen molar-refractivity contribution in [1.82, 2.24) is 15.1 Å². The van der Waals surface area contributed by atoms with Gasteiger partial charge in [-0.3, -0.25) is 0 Å². The zero-order valence-corrected chi connectivity index (χ0v) is 18.9. The van der Waals surface area contributed by atoms with Gasteiger partial charge in [0.15, 0.2) is 5.82 Å². The number of hydrogen-bond acceptors (Lipinski definition) is 7. The van der Waals surface area contributed by atoms with Gasteiger partial charge in [-0.2, -0.15) is 0 Å². The van der Waals surface area contributed by atoms with Gasteiger partial charge in [-0.25, -0.2) is 4.79 Å². The summed E-state index contributed by atoms with van der Waals surface area (Å²) in [5.74, 6) is 2.77. The minimum absolute atomic E-state index is 0.164. The number of methoxy groups -OCH3 is 3. The molecule has 0 unspecified atom stereocenters. The number of carbonyl (C=O) groups excluding carboxylic acids is 1. The summed E-state index contributed by atoms with van der Waals surface area (Å²) in [5, 5.41) is 11.7. The van der Waals surface area contributed by atoms with Crippen molar-refractivity contribution >= 4 is 17.5 Å². The van der Waals surface area contributed by atoms with Crippen molar-refractivity contribution in [2.45, 2.75) is 0 Å². The Kier molecular flexibility index (Phi) is 6.77. The molecule has 0 aliphatic carbocycles. The average Bonchev–Trinajstić information content (AvgIpc) is 2.88. The number of amides is 2. The standard InChI is InChI=1S/C24H27N5O4/c1-31-18-14-17(15-19(16-18)32-2)25-24(30)29-12-10-28(11-13-29)23-9-8-21(26-27-23)20-6-4-5-7-22(20)33-3/h4-9,14-16H,10-13H2,1-3H3,(H,25,30). The van der Waals surface area contributed by atoms with Gasteiger partial charge in [0.1, 0.15) is 17.2 Å². The SMILES string of the molecule is COc1cc(NC(=O)N2CCN(c3ccc(-c4ccccc4OC)nn3)CC2)cc(OC)c1. The molecule has 1 N–H and O–H groups in total. The van der Waals surface area contributed by atoms with Crippen LogP contribution in [0.1, 0.15) is 0 Å². The third-order valence-electron chi connectivity index (χ3n) is 5.53. The molecule has 2 amide bonds. The normalized spacial score (nSPS) is 13.4. The number of ether oxygens (including phenoxy) is 3. The van der Waals surface area contributed by atoms with Gasteiger partial charge in [-0.05, 0) is 24.3 Å². The molecule has 0 bridgehead atoms. The van der Waals surface area contributed by atoms with Crippen LogP contribution in [0.5, 0.6) is 17.2 Å². The Hall–Kier alpha value is -4.01. The Bertz CT molecular complexity index is 1080. The summed E-state index contributed by atoms with van der Waals surface area (Å²) < 4.78 is 15.9. The molecule has 3 aromatic rings. The number of benzene rings is 2. The molecule has 0 atom stereocenters. The van der Waals surface area contributed by atoms with E-state index in [1.807, 2.05) is 36.4 Å². The first kappa shape index (κ1) is 22.2. The molecule has 1 aliphatic heterocycles. The zero-order chi connectivity index (χ0) is 23.2. The number of para-hydroxylation sites is 1. The second-order valence-electron chi connectivity index (χ2n) is 7.48. The predicted molar refractivity (Wildman–Crippen MR) is 126 cm³/mol. The number of hydrogen-bond donors (Lipinski definition) is 1. The van der Waals surface area contributed by atoms with Crippen molar-refractivity contribution in [3.05, 3.63) is 54.6 Å². The summed E-state index contributed by atoms with van der Waals surface area (Å²) in [6, 6.07) is 16.7. The smallest absolute Gasteiger partial charge is 0.321 e. The summed E-state index contributed by atoms with van der Waals surface area (Å²) in [7, 11) is 4.79. The van der Waals surface area contributed by atoms with Gasteiger partial charge in [0.2, 0.25) is 0 Å². The molecular formula is C24H27N5O4. The van der Waals surface area contributed by atoms with E-state index in [2.05, 4.69) is 20.4 Å². The Labute approximate surface area is 192 Å². The lowest BCUT2D eigenvalue weighted by atomic mass is 10.1. The molecule has 1 fully saturated rings. The number of carbonyl (C=O) groups is 1. The molecule has 1 aromatic heterocycles. The van der Waals surface area contributed by atoms with E-state index in [0.717, 1.165) is 22.8 Å². The number of nitrogens with zero attached hydrogens (tertiary/aromatic N) is 4. The summed E-state index contributed by atoms with van der Waals surface area (Å²) in [5.41, 5.74) is 2.27. The predicted octanol–water partition coefficient (Wildman–Crippen LogP) is 3.52. The average molecular weight is 450 g/mol. The molecule has 1 aliphatic rings. The number of rotatable bonds is 6. The summed E-state index contributed by atoms with van der Waals surface area (Å²) in [4.78, 5) is 16.6. The second-order valence-corrected chi connectivity index (χ2v) is 7.48. The van der Waals surface area contributed by atoms with Crippen molar-refractivity contribution in [2.24, 2.45) is 0 Å². The lowest BCUT2D eigenvalue weighted by Gasteiger charge is -2.35. The fraction of sp³-hybridized carbons (Fsp3) is 0.292. The van der Waals surface area contributed by atoms with Crippen LogP contribution in [0.4, 0.5) is 16.3 Å². The van der Waals surface area contributed by atoms with E-state index >= 15 is 0 Å². The van der Waals surface area contributed by atoms with Crippen LogP contribution in [-0.2, 0) is 0 Å². The molecule has 9 nitrogen and oxygen atoms in total. The monoisotopic (exact) mass is 449 g/mol. The van der Waals surface area contributed by atoms with Crippen LogP contribution in [-0.4, -0.2) is 68.6 Å². The summed E-state index contributed by atoms with van der Waals surface area (Å²) in [6.45, 7) is 2.47. The number of nitrogens with one attached hydrogen (secondary N) is 1.